The SMILES string of the molecule is Brc1ccc2c(c1)C=CCO2.N[C@H]1c2cc(Br)ccc2OC[C@@H]1O.N[C@H]1c2cc(Br)ccc2OC[C@@H]1O.O[C@@H]1c2cc(Br)ccc2OC[C@H]1Br. The largest absolute Gasteiger partial charge is 0.492 e. The lowest BCUT2D eigenvalue weighted by Gasteiger charge is -2.27. The first kappa shape index (κ1) is 39.2. The van der Waals surface area contributed by atoms with Crippen LogP contribution in [0.15, 0.2) is 96.8 Å². The lowest BCUT2D eigenvalue weighted by atomic mass is 9.99. The number of hydrogen-bond donors (Lipinski definition) is 5. The van der Waals surface area contributed by atoms with E-state index in [1.807, 2.05) is 78.9 Å². The van der Waals surface area contributed by atoms with Gasteiger partial charge in [0.1, 0.15) is 61.6 Å². The molecule has 7 N–H and O–H groups in total. The van der Waals surface area contributed by atoms with E-state index in [4.69, 9.17) is 30.4 Å². The number of rotatable bonds is 0. The fourth-order valence-corrected chi connectivity index (χ4v) is 7.16. The van der Waals surface area contributed by atoms with Gasteiger partial charge in [0.2, 0.25) is 0 Å². The molecule has 0 aliphatic carbocycles. The molecule has 0 amide bonds. The quantitative estimate of drug-likeness (QED) is 0.111. The van der Waals surface area contributed by atoms with Crippen LogP contribution in [0, 0.1) is 0 Å². The van der Waals surface area contributed by atoms with Gasteiger partial charge in [0.25, 0.3) is 0 Å². The number of benzene rings is 4. The second-order valence-corrected chi connectivity index (χ2v) is 16.4. The van der Waals surface area contributed by atoms with Gasteiger partial charge in [-0.25, -0.2) is 0 Å². The van der Waals surface area contributed by atoms with Crippen LogP contribution in [-0.4, -0.2) is 58.8 Å². The van der Waals surface area contributed by atoms with Crippen molar-refractivity contribution in [2.45, 2.75) is 35.2 Å². The summed E-state index contributed by atoms with van der Waals surface area (Å²) in [6.07, 6.45) is 2.38. The van der Waals surface area contributed by atoms with E-state index in [0.29, 0.717) is 13.2 Å². The van der Waals surface area contributed by atoms with E-state index >= 15 is 0 Å². The molecule has 8 rings (SSSR count). The number of fused-ring (bicyclic) bond motifs is 4. The Hall–Kier alpha value is -1.98. The highest BCUT2D eigenvalue weighted by atomic mass is 79.9. The van der Waals surface area contributed by atoms with Gasteiger partial charge in [0.05, 0.1) is 23.0 Å². The van der Waals surface area contributed by atoms with Crippen molar-refractivity contribution >= 4 is 85.7 Å². The standard InChI is InChI=1S/C9H8Br2O2.2C9H10BrNO2.C9H7BrO/c10-5-1-2-8-6(3-5)9(12)7(11)4-13-8;2*10-5-1-2-8-6(3-5)9(11)7(12)4-13-8;10-8-3-4-9-7(6-8)2-1-5-11-9/h1-3,7,9,12H,4H2;2*1-3,7,9,12H,4,11H2;1-4,6H,5H2/t3*7-,9-;/m100./s1. The zero-order valence-corrected chi connectivity index (χ0v) is 34.3. The molecule has 0 spiro atoms. The normalized spacial score (nSPS) is 23.6. The molecular formula is C36H35Br5N2O7. The number of alkyl halides is 1. The molecule has 0 bridgehead atoms. The van der Waals surface area contributed by atoms with Gasteiger partial charge in [-0.3, -0.25) is 0 Å². The zero-order valence-electron chi connectivity index (χ0n) is 26.4. The number of aliphatic hydroxyl groups excluding tert-OH is 3. The summed E-state index contributed by atoms with van der Waals surface area (Å²) in [5, 5.41) is 28.7. The van der Waals surface area contributed by atoms with Crippen molar-refractivity contribution in [2.24, 2.45) is 11.5 Å². The Kier molecular flexibility index (Phi) is 14.3. The lowest BCUT2D eigenvalue weighted by molar-refractivity contribution is 0.0678. The molecule has 0 fully saturated rings. The van der Waals surface area contributed by atoms with Crippen LogP contribution >= 0.6 is 79.6 Å². The van der Waals surface area contributed by atoms with Gasteiger partial charge in [0, 0.05) is 40.1 Å². The van der Waals surface area contributed by atoms with Crippen LogP contribution in [-0.2, 0) is 0 Å². The minimum atomic E-state index is -0.609. The van der Waals surface area contributed by atoms with Gasteiger partial charge in [-0.05, 0) is 78.9 Å². The minimum absolute atomic E-state index is 0.0192. The molecule has 14 heteroatoms. The average Bonchev–Trinajstić information content (AvgIpc) is 3.11. The number of halogens is 5. The summed E-state index contributed by atoms with van der Waals surface area (Å²) in [4.78, 5) is -0.0192. The summed E-state index contributed by atoms with van der Waals surface area (Å²) in [6.45, 7) is 1.75. The van der Waals surface area contributed by atoms with Gasteiger partial charge in [-0.15, -0.1) is 0 Å². The lowest BCUT2D eigenvalue weighted by Crippen LogP contribution is -2.35. The fourth-order valence-electron chi connectivity index (χ4n) is 5.23. The summed E-state index contributed by atoms with van der Waals surface area (Å²) in [7, 11) is 0. The molecule has 4 aromatic rings. The molecule has 4 heterocycles. The number of nitrogens with two attached hydrogens (primary N) is 2. The van der Waals surface area contributed by atoms with E-state index in [-0.39, 0.29) is 30.1 Å². The molecule has 0 unspecified atom stereocenters. The maximum Gasteiger partial charge on any atom is 0.127 e. The molecule has 0 saturated carbocycles. The average molecular weight is 1010 g/mol. The molecule has 4 aliphatic rings. The van der Waals surface area contributed by atoms with E-state index in [9.17, 15) is 15.3 Å². The molecule has 0 radical (unpaired) electrons. The first-order chi connectivity index (χ1) is 23.9. The summed E-state index contributed by atoms with van der Waals surface area (Å²) >= 11 is 16.8. The molecule has 9 nitrogen and oxygen atoms in total. The van der Waals surface area contributed by atoms with Crippen molar-refractivity contribution in [3.05, 3.63) is 119 Å². The van der Waals surface area contributed by atoms with Gasteiger partial charge in [-0.2, -0.15) is 0 Å². The summed E-state index contributed by atoms with van der Waals surface area (Å²) in [6, 6.07) is 22.2. The third-order valence-corrected chi connectivity index (χ3v) is 10.7. The smallest absolute Gasteiger partial charge is 0.127 e. The van der Waals surface area contributed by atoms with Crippen LogP contribution in [0.2, 0.25) is 0 Å². The fraction of sp³-hybridized carbons (Fsp3) is 0.278. The molecule has 4 aromatic carbocycles. The van der Waals surface area contributed by atoms with Crippen molar-refractivity contribution in [3.63, 3.8) is 0 Å². The second kappa shape index (κ2) is 18.2. The Morgan fingerprint density at radius 2 is 0.960 bits per heavy atom. The van der Waals surface area contributed by atoms with Gasteiger partial charge < -0.3 is 45.7 Å². The Balaban J connectivity index is 0.000000130. The highest BCUT2D eigenvalue weighted by Gasteiger charge is 2.28. The third kappa shape index (κ3) is 10.1. The molecule has 50 heavy (non-hydrogen) atoms. The van der Waals surface area contributed by atoms with E-state index in [1.165, 1.54) is 0 Å². The molecule has 266 valence electrons. The molecule has 0 aromatic heterocycles. The van der Waals surface area contributed by atoms with Crippen molar-refractivity contribution in [3.8, 4) is 23.0 Å². The predicted octanol–water partition coefficient (Wildman–Crippen LogP) is 7.90. The highest BCUT2D eigenvalue weighted by Crippen LogP contribution is 2.37. The van der Waals surface area contributed by atoms with E-state index < -0.39 is 18.3 Å². The second-order valence-electron chi connectivity index (χ2n) is 11.5. The van der Waals surface area contributed by atoms with Gasteiger partial charge >= 0.3 is 0 Å². The van der Waals surface area contributed by atoms with E-state index in [1.54, 1.807) is 0 Å². The Morgan fingerprint density at radius 3 is 1.48 bits per heavy atom. The summed E-state index contributed by atoms with van der Waals surface area (Å²) in [5.41, 5.74) is 15.3. The third-order valence-electron chi connectivity index (χ3n) is 7.95. The van der Waals surface area contributed by atoms with E-state index in [2.05, 4.69) is 85.7 Å². The first-order valence-electron chi connectivity index (χ1n) is 15.5. The minimum Gasteiger partial charge on any atom is -0.492 e. The topological polar surface area (TPSA) is 150 Å². The van der Waals surface area contributed by atoms with Crippen LogP contribution in [0.1, 0.15) is 40.4 Å². The summed E-state index contributed by atoms with van der Waals surface area (Å²) < 4.78 is 25.4. The zero-order chi connectivity index (χ0) is 35.9. The van der Waals surface area contributed by atoms with Crippen LogP contribution in [0.4, 0.5) is 0 Å². The maximum absolute atomic E-state index is 9.81. The Bertz CT molecular complexity index is 1660. The molecule has 0 saturated heterocycles. The maximum atomic E-state index is 9.81. The molecule has 6 atom stereocenters. The van der Waals surface area contributed by atoms with Crippen LogP contribution < -0.4 is 30.4 Å². The number of ether oxygens (including phenoxy) is 4. The highest BCUT2D eigenvalue weighted by molar-refractivity contribution is 9.11. The number of hydrogen-bond acceptors (Lipinski definition) is 9. The van der Waals surface area contributed by atoms with Crippen LogP contribution in [0.5, 0.6) is 23.0 Å². The summed E-state index contributed by atoms with van der Waals surface area (Å²) in [5.74, 6) is 3.27. The van der Waals surface area contributed by atoms with Crippen molar-refractivity contribution in [2.75, 3.05) is 26.4 Å². The first-order valence-corrected chi connectivity index (χ1v) is 19.5. The predicted molar refractivity (Wildman–Crippen MR) is 211 cm³/mol. The van der Waals surface area contributed by atoms with Crippen LogP contribution in [0.3, 0.4) is 0 Å². The number of aliphatic hydroxyl groups is 3. The van der Waals surface area contributed by atoms with Gasteiger partial charge in [0.15, 0.2) is 0 Å². The van der Waals surface area contributed by atoms with Crippen LogP contribution in [0.25, 0.3) is 6.08 Å². The Morgan fingerprint density at radius 1 is 0.540 bits per heavy atom. The van der Waals surface area contributed by atoms with Crippen molar-refractivity contribution < 1.29 is 34.3 Å². The van der Waals surface area contributed by atoms with Crippen molar-refractivity contribution in [1.82, 2.24) is 0 Å². The van der Waals surface area contributed by atoms with E-state index in [0.717, 1.165) is 63.1 Å². The van der Waals surface area contributed by atoms with Gasteiger partial charge in [-0.1, -0.05) is 85.7 Å². The Labute approximate surface area is 332 Å². The monoisotopic (exact) mass is 1000 g/mol. The van der Waals surface area contributed by atoms with Crippen molar-refractivity contribution in [1.29, 1.82) is 0 Å². The molecular weight excluding hydrogens is 972 g/mol. The molecule has 4 aliphatic heterocycles.